The van der Waals surface area contributed by atoms with Crippen molar-refractivity contribution in [2.24, 2.45) is 0 Å². The van der Waals surface area contributed by atoms with E-state index >= 15 is 0 Å². The quantitative estimate of drug-likeness (QED) is 0.904. The van der Waals surface area contributed by atoms with E-state index < -0.39 is 0 Å². The molecule has 0 spiro atoms. The van der Waals surface area contributed by atoms with E-state index in [9.17, 15) is 9.90 Å². The Morgan fingerprint density at radius 1 is 1.38 bits per heavy atom. The molecule has 0 saturated heterocycles. The fraction of sp³-hybridized carbons (Fsp3) is 0.429. The average Bonchev–Trinajstić information content (AvgIpc) is 2.41. The highest BCUT2D eigenvalue weighted by Gasteiger charge is 2.19. The average molecular weight is 330 g/mol. The number of nitrogens with one attached hydrogen (secondary N) is 1. The number of halogens is 2. The van der Waals surface area contributed by atoms with Crippen molar-refractivity contribution in [2.75, 3.05) is 6.54 Å². The Labute approximate surface area is 132 Å². The molecular formula is C14H17Cl2N3O2. The maximum absolute atomic E-state index is 12.7. The second-order valence-electron chi connectivity index (χ2n) is 4.99. The highest BCUT2D eigenvalue weighted by molar-refractivity contribution is 6.39. The van der Waals surface area contributed by atoms with Crippen LogP contribution >= 0.6 is 23.2 Å². The number of fused-ring (bicyclic) bond motifs is 1. The molecule has 0 fully saturated rings. The Kier molecular flexibility index (Phi) is 4.76. The number of nitrogens with zero attached hydrogens (tertiary/aromatic N) is 2. The zero-order chi connectivity index (χ0) is 15.7. The molecule has 2 rings (SSSR count). The van der Waals surface area contributed by atoms with E-state index in [2.05, 4.69) is 10.3 Å². The first kappa shape index (κ1) is 16.1. The summed E-state index contributed by atoms with van der Waals surface area (Å²) in [5, 5.41) is 13.7. The van der Waals surface area contributed by atoms with Gasteiger partial charge in [-0.3, -0.25) is 9.36 Å². The zero-order valence-corrected chi connectivity index (χ0v) is 13.6. The topological polar surface area (TPSA) is 67.2 Å². The second kappa shape index (κ2) is 6.22. The van der Waals surface area contributed by atoms with Crippen molar-refractivity contribution in [3.63, 3.8) is 0 Å². The van der Waals surface area contributed by atoms with Crippen LogP contribution in [-0.4, -0.2) is 21.2 Å². The molecule has 1 aromatic carbocycles. The van der Waals surface area contributed by atoms with Crippen LogP contribution in [0.25, 0.3) is 10.9 Å². The van der Waals surface area contributed by atoms with Gasteiger partial charge < -0.3 is 10.4 Å². The van der Waals surface area contributed by atoms with Gasteiger partial charge in [-0.25, -0.2) is 4.98 Å². The fourth-order valence-corrected chi connectivity index (χ4v) is 2.76. The first-order chi connectivity index (χ1) is 9.88. The largest absolute Gasteiger partial charge is 0.504 e. The molecule has 114 valence electrons. The lowest BCUT2D eigenvalue weighted by atomic mass is 10.2. The molecule has 21 heavy (non-hydrogen) atoms. The van der Waals surface area contributed by atoms with Gasteiger partial charge >= 0.3 is 0 Å². The molecule has 0 saturated carbocycles. The minimum absolute atomic E-state index is 0.0723. The van der Waals surface area contributed by atoms with Gasteiger partial charge in [0, 0.05) is 6.04 Å². The van der Waals surface area contributed by atoms with Gasteiger partial charge in [-0.15, -0.1) is 0 Å². The molecule has 1 aromatic heterocycles. The predicted octanol–water partition coefficient (Wildman–Crippen LogP) is 3.10. The van der Waals surface area contributed by atoms with Crippen LogP contribution in [0.5, 0.6) is 5.75 Å². The minimum Gasteiger partial charge on any atom is -0.504 e. The lowest BCUT2D eigenvalue weighted by molar-refractivity contribution is 0.477. The SMILES string of the molecule is CCNCc1nc2c(O)c(Cl)cc(Cl)c2c(=O)n1C(C)C. The molecule has 2 aromatic rings. The predicted molar refractivity (Wildman–Crippen MR) is 85.5 cm³/mol. The fourth-order valence-electron chi connectivity index (χ4n) is 2.22. The number of hydrogen-bond donors (Lipinski definition) is 2. The Hall–Kier alpha value is -1.30. The molecular weight excluding hydrogens is 313 g/mol. The number of hydrogen-bond acceptors (Lipinski definition) is 4. The summed E-state index contributed by atoms with van der Waals surface area (Å²) < 4.78 is 1.57. The van der Waals surface area contributed by atoms with Crippen LogP contribution in [0.2, 0.25) is 10.0 Å². The van der Waals surface area contributed by atoms with Crippen molar-refractivity contribution in [3.8, 4) is 5.75 Å². The lowest BCUT2D eigenvalue weighted by Gasteiger charge is -2.17. The first-order valence-electron chi connectivity index (χ1n) is 6.71. The third-order valence-electron chi connectivity index (χ3n) is 3.18. The van der Waals surface area contributed by atoms with E-state index in [1.54, 1.807) is 4.57 Å². The number of aromatic nitrogens is 2. The Bertz CT molecular complexity index is 741. The Morgan fingerprint density at radius 2 is 2.05 bits per heavy atom. The zero-order valence-electron chi connectivity index (χ0n) is 12.1. The normalized spacial score (nSPS) is 11.5. The van der Waals surface area contributed by atoms with Gasteiger partial charge in [-0.05, 0) is 26.5 Å². The standard InChI is InChI=1S/C14H17Cl2N3O2/c1-4-17-6-10-18-12-11(14(21)19(10)7(2)3)8(15)5-9(16)13(12)20/h5,7,17,20H,4,6H2,1-3H3. The van der Waals surface area contributed by atoms with Gasteiger partial charge in [0.2, 0.25) is 0 Å². The summed E-state index contributed by atoms with van der Waals surface area (Å²) in [6.07, 6.45) is 0. The number of aromatic hydroxyl groups is 1. The highest BCUT2D eigenvalue weighted by atomic mass is 35.5. The third-order valence-corrected chi connectivity index (χ3v) is 3.77. The van der Waals surface area contributed by atoms with Crippen molar-refractivity contribution in [2.45, 2.75) is 33.4 Å². The molecule has 7 heteroatoms. The van der Waals surface area contributed by atoms with Crippen LogP contribution in [0.3, 0.4) is 0 Å². The number of phenols is 1. The monoisotopic (exact) mass is 329 g/mol. The molecule has 0 unspecified atom stereocenters. The summed E-state index contributed by atoms with van der Waals surface area (Å²) in [5.74, 6) is 0.319. The van der Waals surface area contributed by atoms with Gasteiger partial charge in [-0.2, -0.15) is 0 Å². The molecule has 0 aliphatic rings. The maximum atomic E-state index is 12.7. The van der Waals surface area contributed by atoms with Gasteiger partial charge in [-0.1, -0.05) is 30.1 Å². The summed E-state index contributed by atoms with van der Waals surface area (Å²) in [4.78, 5) is 17.1. The first-order valence-corrected chi connectivity index (χ1v) is 7.46. The smallest absolute Gasteiger partial charge is 0.263 e. The minimum atomic E-state index is -0.278. The maximum Gasteiger partial charge on any atom is 0.263 e. The van der Waals surface area contributed by atoms with E-state index in [0.717, 1.165) is 6.54 Å². The Balaban J connectivity index is 2.87. The van der Waals surface area contributed by atoms with E-state index in [1.807, 2.05) is 20.8 Å². The molecule has 0 bridgehead atoms. The number of rotatable bonds is 4. The molecule has 0 aliphatic heterocycles. The molecule has 0 atom stereocenters. The third kappa shape index (κ3) is 2.86. The van der Waals surface area contributed by atoms with Crippen LogP contribution in [-0.2, 0) is 6.54 Å². The molecule has 0 amide bonds. The van der Waals surface area contributed by atoms with Crippen LogP contribution < -0.4 is 10.9 Å². The van der Waals surface area contributed by atoms with E-state index in [1.165, 1.54) is 6.07 Å². The van der Waals surface area contributed by atoms with E-state index in [-0.39, 0.29) is 38.3 Å². The van der Waals surface area contributed by atoms with Gasteiger partial charge in [0.25, 0.3) is 5.56 Å². The molecule has 2 N–H and O–H groups in total. The van der Waals surface area contributed by atoms with Crippen molar-refractivity contribution in [1.29, 1.82) is 0 Å². The van der Waals surface area contributed by atoms with Crippen molar-refractivity contribution >= 4 is 34.1 Å². The van der Waals surface area contributed by atoms with Gasteiger partial charge in [0.05, 0.1) is 22.0 Å². The summed E-state index contributed by atoms with van der Waals surface area (Å²) in [6.45, 7) is 6.92. The highest BCUT2D eigenvalue weighted by Crippen LogP contribution is 2.34. The van der Waals surface area contributed by atoms with Crippen molar-refractivity contribution in [1.82, 2.24) is 14.9 Å². The lowest BCUT2D eigenvalue weighted by Crippen LogP contribution is -2.30. The molecule has 5 nitrogen and oxygen atoms in total. The van der Waals surface area contributed by atoms with Gasteiger partial charge in [0.15, 0.2) is 5.75 Å². The van der Waals surface area contributed by atoms with Crippen molar-refractivity contribution in [3.05, 3.63) is 32.3 Å². The van der Waals surface area contributed by atoms with Crippen LogP contribution in [0.1, 0.15) is 32.6 Å². The van der Waals surface area contributed by atoms with E-state index in [4.69, 9.17) is 23.2 Å². The van der Waals surface area contributed by atoms with Gasteiger partial charge in [0.1, 0.15) is 11.3 Å². The van der Waals surface area contributed by atoms with Crippen LogP contribution in [0.15, 0.2) is 10.9 Å². The Morgan fingerprint density at radius 3 is 2.62 bits per heavy atom. The van der Waals surface area contributed by atoms with Crippen molar-refractivity contribution < 1.29 is 5.11 Å². The number of benzene rings is 1. The second-order valence-corrected chi connectivity index (χ2v) is 5.80. The molecule has 1 heterocycles. The summed E-state index contributed by atoms with van der Waals surface area (Å²) in [5.41, 5.74) is -0.137. The molecule has 0 radical (unpaired) electrons. The molecule has 0 aliphatic carbocycles. The summed E-state index contributed by atoms with van der Waals surface area (Å²) in [7, 11) is 0. The van der Waals surface area contributed by atoms with Crippen LogP contribution in [0.4, 0.5) is 0 Å². The summed E-state index contributed by atoms with van der Waals surface area (Å²) >= 11 is 12.0. The number of phenolic OH excluding ortho intramolecular Hbond substituents is 1. The van der Waals surface area contributed by atoms with E-state index in [0.29, 0.717) is 12.4 Å². The summed E-state index contributed by atoms with van der Waals surface area (Å²) in [6, 6.07) is 1.29. The van der Waals surface area contributed by atoms with Crippen LogP contribution in [0, 0.1) is 0 Å².